The highest BCUT2D eigenvalue weighted by Gasteiger charge is 2.16. The Hall–Kier alpha value is -1.98. The molecule has 27 heavy (non-hydrogen) atoms. The highest BCUT2D eigenvalue weighted by molar-refractivity contribution is 9.10. The van der Waals surface area contributed by atoms with Crippen molar-refractivity contribution in [3.8, 4) is 11.3 Å². The van der Waals surface area contributed by atoms with Crippen molar-refractivity contribution in [2.24, 2.45) is 5.14 Å². The van der Waals surface area contributed by atoms with Gasteiger partial charge in [0.15, 0.2) is 0 Å². The molecule has 0 bridgehead atoms. The molecule has 0 aliphatic carbocycles. The van der Waals surface area contributed by atoms with Crippen molar-refractivity contribution in [3.05, 3.63) is 70.9 Å². The van der Waals surface area contributed by atoms with E-state index in [0.29, 0.717) is 11.5 Å². The Kier molecular flexibility index (Phi) is 5.54. The van der Waals surface area contributed by atoms with Crippen LogP contribution in [-0.2, 0) is 26.6 Å². The number of sulfonamides is 2. The second-order valence-corrected chi connectivity index (χ2v) is 9.86. The molecular weight excluding hydrogens is 456 g/mol. The predicted octanol–water partition coefficient (Wildman–Crippen LogP) is 2.84. The molecule has 3 N–H and O–H groups in total. The minimum Gasteiger partial charge on any atom is -0.460 e. The Morgan fingerprint density at radius 3 is 2.04 bits per heavy atom. The van der Waals surface area contributed by atoms with Crippen molar-refractivity contribution in [2.45, 2.75) is 16.3 Å². The fourth-order valence-electron chi connectivity index (χ4n) is 2.30. The van der Waals surface area contributed by atoms with Gasteiger partial charge in [0.25, 0.3) is 0 Å². The van der Waals surface area contributed by atoms with Gasteiger partial charge in [-0.05, 0) is 48.5 Å². The lowest BCUT2D eigenvalue weighted by atomic mass is 10.2. The van der Waals surface area contributed by atoms with Crippen LogP contribution in [0.4, 0.5) is 0 Å². The van der Waals surface area contributed by atoms with Crippen molar-refractivity contribution in [3.63, 3.8) is 0 Å². The SMILES string of the molecule is NS(=O)(=O)c1ccc(S(=O)(=O)NCc2ccc(-c3ccc(Br)cc3)o2)cc1. The topological polar surface area (TPSA) is 119 Å². The zero-order chi connectivity index (χ0) is 19.7. The van der Waals surface area contributed by atoms with Gasteiger partial charge in [-0.25, -0.2) is 26.7 Å². The number of nitrogens with one attached hydrogen (secondary N) is 1. The van der Waals surface area contributed by atoms with Crippen LogP contribution in [0.15, 0.2) is 79.3 Å². The molecule has 3 rings (SSSR count). The second-order valence-electron chi connectivity index (χ2n) is 5.61. The first-order chi connectivity index (χ1) is 12.6. The van der Waals surface area contributed by atoms with E-state index in [4.69, 9.17) is 9.56 Å². The zero-order valence-corrected chi connectivity index (χ0v) is 17.0. The van der Waals surface area contributed by atoms with Gasteiger partial charge < -0.3 is 4.42 Å². The van der Waals surface area contributed by atoms with Gasteiger partial charge in [0.1, 0.15) is 11.5 Å². The number of nitrogens with two attached hydrogens (primary N) is 1. The van der Waals surface area contributed by atoms with E-state index in [0.717, 1.165) is 22.2 Å². The monoisotopic (exact) mass is 470 g/mol. The normalized spacial score (nSPS) is 12.2. The maximum atomic E-state index is 12.3. The molecule has 1 heterocycles. The first-order valence-electron chi connectivity index (χ1n) is 7.62. The smallest absolute Gasteiger partial charge is 0.240 e. The third-order valence-corrected chi connectivity index (χ3v) is 6.56. The van der Waals surface area contributed by atoms with Gasteiger partial charge in [-0.15, -0.1) is 0 Å². The molecule has 0 saturated carbocycles. The van der Waals surface area contributed by atoms with Crippen molar-refractivity contribution in [1.29, 1.82) is 0 Å². The molecule has 142 valence electrons. The van der Waals surface area contributed by atoms with Crippen LogP contribution in [0.25, 0.3) is 11.3 Å². The average Bonchev–Trinajstić information content (AvgIpc) is 3.09. The molecule has 0 radical (unpaired) electrons. The van der Waals surface area contributed by atoms with Gasteiger partial charge in [0, 0.05) is 10.0 Å². The van der Waals surface area contributed by atoms with Crippen LogP contribution in [-0.4, -0.2) is 16.8 Å². The summed E-state index contributed by atoms with van der Waals surface area (Å²) in [4.78, 5) is -0.235. The largest absolute Gasteiger partial charge is 0.460 e. The maximum Gasteiger partial charge on any atom is 0.240 e. The first kappa shape index (κ1) is 19.8. The number of benzene rings is 2. The van der Waals surface area contributed by atoms with E-state index < -0.39 is 20.0 Å². The van der Waals surface area contributed by atoms with Gasteiger partial charge in [-0.1, -0.05) is 28.1 Å². The average molecular weight is 471 g/mol. The number of hydrogen-bond acceptors (Lipinski definition) is 5. The summed E-state index contributed by atoms with van der Waals surface area (Å²) in [6, 6.07) is 15.6. The summed E-state index contributed by atoms with van der Waals surface area (Å²) >= 11 is 3.36. The van der Waals surface area contributed by atoms with Crippen molar-refractivity contribution in [1.82, 2.24) is 4.72 Å². The molecule has 0 aliphatic rings. The molecule has 10 heteroatoms. The molecule has 3 aromatic rings. The van der Waals surface area contributed by atoms with Gasteiger partial charge in [0.05, 0.1) is 16.3 Å². The fraction of sp³-hybridized carbons (Fsp3) is 0.0588. The van der Waals surface area contributed by atoms with Crippen LogP contribution in [0.3, 0.4) is 0 Å². The lowest BCUT2D eigenvalue weighted by Crippen LogP contribution is -2.23. The third kappa shape index (κ3) is 4.85. The molecule has 0 spiro atoms. The molecule has 0 aliphatic heterocycles. The van der Waals surface area contributed by atoms with E-state index in [9.17, 15) is 16.8 Å². The van der Waals surface area contributed by atoms with Crippen molar-refractivity contribution < 1.29 is 21.3 Å². The Bertz CT molecular complexity index is 1150. The molecule has 7 nitrogen and oxygen atoms in total. The van der Waals surface area contributed by atoms with Gasteiger partial charge in [-0.2, -0.15) is 0 Å². The number of primary sulfonamides is 1. The molecular formula is C17H15BrN2O5S2. The summed E-state index contributed by atoms with van der Waals surface area (Å²) in [5.41, 5.74) is 0.867. The van der Waals surface area contributed by atoms with E-state index in [1.807, 2.05) is 24.3 Å². The van der Waals surface area contributed by atoms with Gasteiger partial charge >= 0.3 is 0 Å². The van der Waals surface area contributed by atoms with Crippen LogP contribution in [0.5, 0.6) is 0 Å². The molecule has 0 atom stereocenters. The maximum absolute atomic E-state index is 12.3. The fourth-order valence-corrected chi connectivity index (χ4v) is 4.07. The van der Waals surface area contributed by atoms with E-state index in [1.165, 1.54) is 12.1 Å². The molecule has 0 unspecified atom stereocenters. The van der Waals surface area contributed by atoms with Gasteiger partial charge in [0.2, 0.25) is 20.0 Å². The first-order valence-corrected chi connectivity index (χ1v) is 11.4. The third-order valence-electron chi connectivity index (χ3n) is 3.69. The minimum absolute atomic E-state index is 0.0458. The van der Waals surface area contributed by atoms with Crippen LogP contribution >= 0.6 is 15.9 Å². The molecule has 1 aromatic heterocycles. The number of halogens is 1. The number of hydrogen-bond donors (Lipinski definition) is 2. The quantitative estimate of drug-likeness (QED) is 0.573. The molecule has 0 saturated heterocycles. The summed E-state index contributed by atoms with van der Waals surface area (Å²) in [7, 11) is -7.71. The van der Waals surface area contributed by atoms with Crippen LogP contribution in [0.2, 0.25) is 0 Å². The standard InChI is InChI=1S/C17H15BrN2O5S2/c18-13-3-1-12(2-4-13)17-10-5-14(25-17)11-20-27(23,24)16-8-6-15(7-9-16)26(19,21)22/h1-10,20H,11H2,(H2,19,21,22). The van der Waals surface area contributed by atoms with Gasteiger partial charge in [-0.3, -0.25) is 0 Å². The van der Waals surface area contributed by atoms with Crippen LogP contribution in [0, 0.1) is 0 Å². The lowest BCUT2D eigenvalue weighted by molar-refractivity contribution is 0.509. The molecule has 2 aromatic carbocycles. The van der Waals surface area contributed by atoms with E-state index in [2.05, 4.69) is 20.7 Å². The summed E-state index contributed by atoms with van der Waals surface area (Å²) < 4.78 is 56.2. The van der Waals surface area contributed by atoms with Crippen LogP contribution < -0.4 is 9.86 Å². The predicted molar refractivity (Wildman–Crippen MR) is 104 cm³/mol. The Labute approximate surface area is 165 Å². The molecule has 0 amide bonds. The summed E-state index contributed by atoms with van der Waals surface area (Å²) in [6.45, 7) is -0.0458. The van der Waals surface area contributed by atoms with Crippen LogP contribution in [0.1, 0.15) is 5.76 Å². The Balaban J connectivity index is 1.71. The summed E-state index contributed by atoms with van der Waals surface area (Å²) in [5.74, 6) is 1.06. The Morgan fingerprint density at radius 1 is 0.852 bits per heavy atom. The summed E-state index contributed by atoms with van der Waals surface area (Å²) in [5, 5.41) is 5.00. The van der Waals surface area contributed by atoms with E-state index in [-0.39, 0.29) is 16.3 Å². The van der Waals surface area contributed by atoms with E-state index in [1.54, 1.807) is 12.1 Å². The van der Waals surface area contributed by atoms with E-state index >= 15 is 0 Å². The highest BCUT2D eigenvalue weighted by Crippen LogP contribution is 2.24. The summed E-state index contributed by atoms with van der Waals surface area (Å²) in [6.07, 6.45) is 0. The second kappa shape index (κ2) is 7.56. The number of rotatable bonds is 6. The molecule has 0 fully saturated rings. The Morgan fingerprint density at radius 2 is 1.44 bits per heavy atom. The lowest BCUT2D eigenvalue weighted by Gasteiger charge is -2.06. The van der Waals surface area contributed by atoms with Crippen molar-refractivity contribution in [2.75, 3.05) is 0 Å². The zero-order valence-electron chi connectivity index (χ0n) is 13.8. The van der Waals surface area contributed by atoms with Crippen molar-refractivity contribution >= 4 is 36.0 Å². The minimum atomic E-state index is -3.88. The highest BCUT2D eigenvalue weighted by atomic mass is 79.9. The number of furan rings is 1.